The SMILES string of the molecule is O=C(NCCNC(=O)c1ccnc2ccccc12)c1ccccc1. The first-order valence-corrected chi connectivity index (χ1v) is 7.71. The third-order valence-corrected chi connectivity index (χ3v) is 3.63. The van der Waals surface area contributed by atoms with E-state index in [1.165, 1.54) is 0 Å². The van der Waals surface area contributed by atoms with Crippen LogP contribution in [0.15, 0.2) is 66.9 Å². The zero-order valence-electron chi connectivity index (χ0n) is 13.0. The molecule has 2 N–H and O–H groups in total. The summed E-state index contributed by atoms with van der Waals surface area (Å²) in [6.07, 6.45) is 1.62. The van der Waals surface area contributed by atoms with Crippen molar-refractivity contribution in [2.24, 2.45) is 0 Å². The van der Waals surface area contributed by atoms with Gasteiger partial charge >= 0.3 is 0 Å². The Kier molecular flexibility index (Phi) is 4.81. The Morgan fingerprint density at radius 2 is 1.46 bits per heavy atom. The fourth-order valence-electron chi connectivity index (χ4n) is 2.43. The Bertz CT molecular complexity index is 857. The molecule has 2 amide bonds. The van der Waals surface area contributed by atoms with E-state index in [0.717, 1.165) is 10.9 Å². The summed E-state index contributed by atoms with van der Waals surface area (Å²) in [6.45, 7) is 0.719. The quantitative estimate of drug-likeness (QED) is 0.709. The van der Waals surface area contributed by atoms with Gasteiger partial charge in [0, 0.05) is 30.2 Å². The molecule has 5 heteroatoms. The van der Waals surface area contributed by atoms with Crippen LogP contribution in [0, 0.1) is 0 Å². The molecule has 3 rings (SSSR count). The van der Waals surface area contributed by atoms with Gasteiger partial charge in [0.1, 0.15) is 0 Å². The van der Waals surface area contributed by atoms with Crippen LogP contribution in [0.2, 0.25) is 0 Å². The molecule has 0 saturated heterocycles. The smallest absolute Gasteiger partial charge is 0.252 e. The number of nitrogens with zero attached hydrogens (tertiary/aromatic N) is 1. The number of carbonyl (C=O) groups is 2. The highest BCUT2D eigenvalue weighted by Crippen LogP contribution is 2.15. The van der Waals surface area contributed by atoms with Crippen molar-refractivity contribution < 1.29 is 9.59 Å². The number of para-hydroxylation sites is 1. The molecule has 0 radical (unpaired) electrons. The highest BCUT2D eigenvalue weighted by Gasteiger charge is 2.10. The second-order valence-electron chi connectivity index (χ2n) is 5.25. The molecular formula is C19H17N3O2. The fourth-order valence-corrected chi connectivity index (χ4v) is 2.43. The molecule has 2 aromatic carbocycles. The summed E-state index contributed by atoms with van der Waals surface area (Å²) in [4.78, 5) is 28.5. The van der Waals surface area contributed by atoms with Gasteiger partial charge in [-0.1, -0.05) is 36.4 Å². The minimum Gasteiger partial charge on any atom is -0.350 e. The van der Waals surface area contributed by atoms with Crippen molar-refractivity contribution in [3.63, 3.8) is 0 Å². The average molecular weight is 319 g/mol. The minimum absolute atomic E-state index is 0.154. The lowest BCUT2D eigenvalue weighted by molar-refractivity contribution is 0.0928. The van der Waals surface area contributed by atoms with Crippen LogP contribution in [-0.2, 0) is 0 Å². The van der Waals surface area contributed by atoms with E-state index in [9.17, 15) is 9.59 Å². The number of fused-ring (bicyclic) bond motifs is 1. The summed E-state index contributed by atoms with van der Waals surface area (Å²) >= 11 is 0. The van der Waals surface area contributed by atoms with E-state index in [1.54, 1.807) is 24.4 Å². The Hall–Kier alpha value is -3.21. The molecule has 0 aliphatic carbocycles. The first kappa shape index (κ1) is 15.7. The van der Waals surface area contributed by atoms with E-state index in [2.05, 4.69) is 15.6 Å². The van der Waals surface area contributed by atoms with Crippen LogP contribution in [0.3, 0.4) is 0 Å². The fraction of sp³-hybridized carbons (Fsp3) is 0.105. The number of amides is 2. The van der Waals surface area contributed by atoms with Crippen LogP contribution in [0.1, 0.15) is 20.7 Å². The average Bonchev–Trinajstić information content (AvgIpc) is 2.65. The van der Waals surface area contributed by atoms with E-state index in [-0.39, 0.29) is 11.8 Å². The zero-order chi connectivity index (χ0) is 16.8. The molecule has 0 aliphatic rings. The number of rotatable bonds is 5. The summed E-state index contributed by atoms with van der Waals surface area (Å²) in [6, 6.07) is 18.2. The molecule has 24 heavy (non-hydrogen) atoms. The molecule has 0 unspecified atom stereocenters. The molecule has 0 fully saturated rings. The Morgan fingerprint density at radius 3 is 2.25 bits per heavy atom. The van der Waals surface area contributed by atoms with Crippen LogP contribution < -0.4 is 10.6 Å². The summed E-state index contributed by atoms with van der Waals surface area (Å²) in [5, 5.41) is 6.40. The van der Waals surface area contributed by atoms with Gasteiger partial charge in [-0.2, -0.15) is 0 Å². The molecule has 0 bridgehead atoms. The third-order valence-electron chi connectivity index (χ3n) is 3.63. The van der Waals surface area contributed by atoms with Crippen LogP contribution in [0.5, 0.6) is 0 Å². The second kappa shape index (κ2) is 7.37. The molecule has 0 spiro atoms. The van der Waals surface area contributed by atoms with Gasteiger partial charge in [0.2, 0.25) is 0 Å². The van der Waals surface area contributed by atoms with Gasteiger partial charge in [0.25, 0.3) is 11.8 Å². The number of hydrogen-bond acceptors (Lipinski definition) is 3. The summed E-state index contributed by atoms with van der Waals surface area (Å²) in [5.74, 6) is -0.332. The molecule has 5 nitrogen and oxygen atoms in total. The van der Waals surface area contributed by atoms with Gasteiger partial charge < -0.3 is 10.6 Å². The standard InChI is InChI=1S/C19H17N3O2/c23-18(14-6-2-1-3-7-14)21-12-13-22-19(24)16-10-11-20-17-9-5-4-8-15(16)17/h1-11H,12-13H2,(H,21,23)(H,22,24). The predicted octanol–water partition coefficient (Wildman–Crippen LogP) is 2.39. The van der Waals surface area contributed by atoms with Crippen molar-refractivity contribution >= 4 is 22.7 Å². The Labute approximate surface area is 139 Å². The van der Waals surface area contributed by atoms with Gasteiger partial charge in [-0.3, -0.25) is 14.6 Å². The van der Waals surface area contributed by atoms with Crippen molar-refractivity contribution in [3.05, 3.63) is 78.0 Å². The maximum absolute atomic E-state index is 12.3. The molecule has 120 valence electrons. The maximum atomic E-state index is 12.3. The maximum Gasteiger partial charge on any atom is 0.252 e. The van der Waals surface area contributed by atoms with Gasteiger partial charge in [-0.25, -0.2) is 0 Å². The molecule has 0 saturated carbocycles. The van der Waals surface area contributed by atoms with Crippen molar-refractivity contribution in [2.45, 2.75) is 0 Å². The zero-order valence-corrected chi connectivity index (χ0v) is 13.0. The van der Waals surface area contributed by atoms with Gasteiger partial charge in [-0.05, 0) is 24.3 Å². The largest absolute Gasteiger partial charge is 0.350 e. The monoisotopic (exact) mass is 319 g/mol. The van der Waals surface area contributed by atoms with E-state index in [1.807, 2.05) is 42.5 Å². The van der Waals surface area contributed by atoms with Gasteiger partial charge in [0.05, 0.1) is 11.1 Å². The normalized spacial score (nSPS) is 10.3. The van der Waals surface area contributed by atoms with Crippen LogP contribution in [-0.4, -0.2) is 29.9 Å². The van der Waals surface area contributed by atoms with Crippen molar-refractivity contribution in [3.8, 4) is 0 Å². The van der Waals surface area contributed by atoms with Crippen molar-refractivity contribution in [1.29, 1.82) is 0 Å². The van der Waals surface area contributed by atoms with Crippen LogP contribution in [0.4, 0.5) is 0 Å². The lowest BCUT2D eigenvalue weighted by atomic mass is 10.1. The van der Waals surface area contributed by atoms with Crippen molar-refractivity contribution in [2.75, 3.05) is 13.1 Å². The van der Waals surface area contributed by atoms with Crippen LogP contribution in [0.25, 0.3) is 10.9 Å². The van der Waals surface area contributed by atoms with E-state index in [4.69, 9.17) is 0 Å². The highest BCUT2D eigenvalue weighted by atomic mass is 16.2. The van der Waals surface area contributed by atoms with Crippen LogP contribution >= 0.6 is 0 Å². The third kappa shape index (κ3) is 3.57. The number of carbonyl (C=O) groups excluding carboxylic acids is 2. The molecule has 0 atom stereocenters. The molecule has 1 heterocycles. The van der Waals surface area contributed by atoms with E-state index < -0.39 is 0 Å². The minimum atomic E-state index is -0.178. The first-order chi connectivity index (χ1) is 11.8. The molecular weight excluding hydrogens is 302 g/mol. The van der Waals surface area contributed by atoms with E-state index in [0.29, 0.717) is 24.2 Å². The number of hydrogen-bond donors (Lipinski definition) is 2. The van der Waals surface area contributed by atoms with Gasteiger partial charge in [-0.15, -0.1) is 0 Å². The second-order valence-corrected chi connectivity index (χ2v) is 5.25. The van der Waals surface area contributed by atoms with Crippen molar-refractivity contribution in [1.82, 2.24) is 15.6 Å². The summed E-state index contributed by atoms with van der Waals surface area (Å²) < 4.78 is 0. The summed E-state index contributed by atoms with van der Waals surface area (Å²) in [7, 11) is 0. The lowest BCUT2D eigenvalue weighted by Crippen LogP contribution is -2.34. The molecule has 3 aromatic rings. The first-order valence-electron chi connectivity index (χ1n) is 7.71. The Balaban J connectivity index is 1.55. The molecule has 1 aromatic heterocycles. The topological polar surface area (TPSA) is 71.1 Å². The number of aromatic nitrogens is 1. The number of nitrogens with one attached hydrogen (secondary N) is 2. The van der Waals surface area contributed by atoms with Gasteiger partial charge in [0.15, 0.2) is 0 Å². The predicted molar refractivity (Wildman–Crippen MR) is 92.9 cm³/mol. The summed E-state index contributed by atoms with van der Waals surface area (Å²) in [5.41, 5.74) is 1.96. The van der Waals surface area contributed by atoms with E-state index >= 15 is 0 Å². The lowest BCUT2D eigenvalue weighted by Gasteiger charge is -2.09. The number of pyridine rings is 1. The Morgan fingerprint density at radius 1 is 0.792 bits per heavy atom. The molecule has 0 aliphatic heterocycles. The highest BCUT2D eigenvalue weighted by molar-refractivity contribution is 6.05. The number of benzene rings is 2.